The van der Waals surface area contributed by atoms with Crippen LogP contribution in [-0.4, -0.2) is 23.0 Å². The highest BCUT2D eigenvalue weighted by molar-refractivity contribution is 6.02. The summed E-state index contributed by atoms with van der Waals surface area (Å²) in [6.07, 6.45) is 0.369. The van der Waals surface area contributed by atoms with Gasteiger partial charge in [0.05, 0.1) is 5.69 Å². The van der Waals surface area contributed by atoms with Crippen molar-refractivity contribution in [3.8, 4) is 0 Å². The second-order valence-electron chi connectivity index (χ2n) is 3.61. The molecule has 1 heterocycles. The summed E-state index contributed by atoms with van der Waals surface area (Å²) in [6, 6.07) is 4.73. The number of halogens is 1. The van der Waals surface area contributed by atoms with Gasteiger partial charge in [-0.3, -0.25) is 9.69 Å². The molecule has 0 radical (unpaired) electrons. The fourth-order valence-corrected chi connectivity index (χ4v) is 1.87. The van der Waals surface area contributed by atoms with E-state index in [9.17, 15) is 14.0 Å². The minimum atomic E-state index is -1.10. The molecular weight excluding hydrogens is 213 g/mol. The molecule has 1 amide bonds. The van der Waals surface area contributed by atoms with E-state index in [-0.39, 0.29) is 24.4 Å². The molecule has 1 saturated heterocycles. The lowest BCUT2D eigenvalue weighted by Gasteiger charge is -2.21. The minimum absolute atomic E-state index is 0.0393. The zero-order valence-corrected chi connectivity index (χ0v) is 8.39. The van der Waals surface area contributed by atoms with Gasteiger partial charge in [-0.05, 0) is 18.6 Å². The van der Waals surface area contributed by atoms with Gasteiger partial charge in [-0.25, -0.2) is 9.18 Å². The second-order valence-corrected chi connectivity index (χ2v) is 3.61. The topological polar surface area (TPSA) is 57.6 Å². The lowest BCUT2D eigenvalue weighted by molar-refractivity contribution is -0.138. The molecule has 16 heavy (non-hydrogen) atoms. The summed E-state index contributed by atoms with van der Waals surface area (Å²) in [6.45, 7) is 0. The van der Waals surface area contributed by atoms with Gasteiger partial charge in [0, 0.05) is 6.42 Å². The van der Waals surface area contributed by atoms with Crippen LogP contribution in [0.1, 0.15) is 12.8 Å². The quantitative estimate of drug-likeness (QED) is 0.824. The van der Waals surface area contributed by atoms with E-state index in [1.54, 1.807) is 6.07 Å². The first-order chi connectivity index (χ1) is 7.61. The largest absolute Gasteiger partial charge is 0.480 e. The maximum Gasteiger partial charge on any atom is 0.326 e. The molecule has 1 atom stereocenters. The van der Waals surface area contributed by atoms with E-state index < -0.39 is 17.8 Å². The molecule has 1 aromatic rings. The van der Waals surface area contributed by atoms with Crippen LogP contribution in [0.3, 0.4) is 0 Å². The first kappa shape index (κ1) is 10.6. The van der Waals surface area contributed by atoms with Gasteiger partial charge in [0.15, 0.2) is 0 Å². The van der Waals surface area contributed by atoms with Crippen molar-refractivity contribution in [3.63, 3.8) is 0 Å². The summed E-state index contributed by atoms with van der Waals surface area (Å²) in [5, 5.41) is 8.94. The molecular formula is C11H10FNO3. The van der Waals surface area contributed by atoms with Crippen LogP contribution in [-0.2, 0) is 9.59 Å². The molecule has 1 N–H and O–H groups in total. The van der Waals surface area contributed by atoms with Crippen molar-refractivity contribution >= 4 is 17.6 Å². The number of carbonyl (C=O) groups is 2. The number of benzene rings is 1. The highest BCUT2D eigenvalue weighted by Crippen LogP contribution is 2.28. The molecule has 0 spiro atoms. The van der Waals surface area contributed by atoms with Crippen LogP contribution < -0.4 is 4.90 Å². The molecule has 0 aromatic heterocycles. The zero-order chi connectivity index (χ0) is 11.7. The average molecular weight is 223 g/mol. The Morgan fingerprint density at radius 2 is 2.12 bits per heavy atom. The SMILES string of the molecule is O=C(O)C1CCC(=O)N1c1ccccc1F. The fraction of sp³-hybridized carbons (Fsp3) is 0.273. The third-order valence-electron chi connectivity index (χ3n) is 2.61. The van der Waals surface area contributed by atoms with Crippen LogP contribution in [0.25, 0.3) is 0 Å². The van der Waals surface area contributed by atoms with E-state index in [1.165, 1.54) is 18.2 Å². The van der Waals surface area contributed by atoms with E-state index in [0.29, 0.717) is 0 Å². The summed E-state index contributed by atoms with van der Waals surface area (Å²) in [4.78, 5) is 23.5. The molecule has 84 valence electrons. The summed E-state index contributed by atoms with van der Waals surface area (Å²) in [5.74, 6) is -2.03. The normalized spacial score (nSPS) is 20.2. The molecule has 1 aliphatic heterocycles. The van der Waals surface area contributed by atoms with Gasteiger partial charge in [-0.2, -0.15) is 0 Å². The predicted octanol–water partition coefficient (Wildman–Crippen LogP) is 1.41. The van der Waals surface area contributed by atoms with Gasteiger partial charge in [0.2, 0.25) is 5.91 Å². The Morgan fingerprint density at radius 3 is 2.75 bits per heavy atom. The average Bonchev–Trinajstić information content (AvgIpc) is 2.61. The molecule has 0 saturated carbocycles. The lowest BCUT2D eigenvalue weighted by atomic mass is 10.2. The number of para-hydroxylation sites is 1. The number of rotatable bonds is 2. The summed E-state index contributed by atoms with van der Waals surface area (Å²) < 4.78 is 13.5. The molecule has 1 aromatic carbocycles. The number of nitrogens with zero attached hydrogens (tertiary/aromatic N) is 1. The highest BCUT2D eigenvalue weighted by Gasteiger charge is 2.38. The van der Waals surface area contributed by atoms with Crippen molar-refractivity contribution in [1.29, 1.82) is 0 Å². The standard InChI is InChI=1S/C11H10FNO3/c12-7-3-1-2-4-8(7)13-9(11(15)16)5-6-10(13)14/h1-4,9H,5-6H2,(H,15,16). The number of carbonyl (C=O) groups excluding carboxylic acids is 1. The molecule has 2 rings (SSSR count). The van der Waals surface area contributed by atoms with Crippen molar-refractivity contribution in [2.75, 3.05) is 4.90 Å². The number of anilines is 1. The highest BCUT2D eigenvalue weighted by atomic mass is 19.1. The number of carboxylic acid groups (broad SMARTS) is 1. The first-order valence-corrected chi connectivity index (χ1v) is 4.90. The Hall–Kier alpha value is -1.91. The molecule has 1 aliphatic rings. The van der Waals surface area contributed by atoms with Gasteiger partial charge in [-0.15, -0.1) is 0 Å². The Kier molecular flexibility index (Phi) is 2.60. The summed E-state index contributed by atoms with van der Waals surface area (Å²) in [5.41, 5.74) is 0.0393. The van der Waals surface area contributed by atoms with Crippen molar-refractivity contribution in [3.05, 3.63) is 30.1 Å². The van der Waals surface area contributed by atoms with Crippen LogP contribution >= 0.6 is 0 Å². The van der Waals surface area contributed by atoms with Gasteiger partial charge in [0.1, 0.15) is 11.9 Å². The van der Waals surface area contributed by atoms with Crippen molar-refractivity contribution in [2.45, 2.75) is 18.9 Å². The number of carboxylic acids is 1. The minimum Gasteiger partial charge on any atom is -0.480 e. The molecule has 0 aliphatic carbocycles. The van der Waals surface area contributed by atoms with E-state index >= 15 is 0 Å². The van der Waals surface area contributed by atoms with Gasteiger partial charge < -0.3 is 5.11 Å². The van der Waals surface area contributed by atoms with E-state index in [2.05, 4.69) is 0 Å². The van der Waals surface area contributed by atoms with E-state index in [4.69, 9.17) is 5.11 Å². The molecule has 0 bridgehead atoms. The third kappa shape index (κ3) is 1.64. The van der Waals surface area contributed by atoms with Crippen LogP contribution in [0, 0.1) is 5.82 Å². The van der Waals surface area contributed by atoms with Gasteiger partial charge in [-0.1, -0.05) is 12.1 Å². The molecule has 1 unspecified atom stereocenters. The predicted molar refractivity (Wildman–Crippen MR) is 54.5 cm³/mol. The smallest absolute Gasteiger partial charge is 0.326 e. The second kappa shape index (κ2) is 3.92. The fourth-order valence-electron chi connectivity index (χ4n) is 1.87. The maximum absolute atomic E-state index is 13.5. The zero-order valence-electron chi connectivity index (χ0n) is 8.39. The third-order valence-corrected chi connectivity index (χ3v) is 2.61. The van der Waals surface area contributed by atoms with Crippen LogP contribution in [0.4, 0.5) is 10.1 Å². The Morgan fingerprint density at radius 1 is 1.44 bits per heavy atom. The number of hydrogen-bond acceptors (Lipinski definition) is 2. The van der Waals surface area contributed by atoms with Crippen LogP contribution in [0.15, 0.2) is 24.3 Å². The molecule has 4 nitrogen and oxygen atoms in total. The summed E-state index contributed by atoms with van der Waals surface area (Å²) >= 11 is 0. The number of hydrogen-bond donors (Lipinski definition) is 1. The van der Waals surface area contributed by atoms with Gasteiger partial charge in [0.25, 0.3) is 0 Å². The maximum atomic E-state index is 13.5. The number of aliphatic carboxylic acids is 1. The first-order valence-electron chi connectivity index (χ1n) is 4.90. The number of amides is 1. The van der Waals surface area contributed by atoms with E-state index in [1.807, 2.05) is 0 Å². The Bertz CT molecular complexity index is 447. The monoisotopic (exact) mass is 223 g/mol. The Labute approximate surface area is 91.3 Å². The lowest BCUT2D eigenvalue weighted by Crippen LogP contribution is -2.39. The molecule has 1 fully saturated rings. The van der Waals surface area contributed by atoms with Crippen LogP contribution in [0.2, 0.25) is 0 Å². The van der Waals surface area contributed by atoms with Crippen molar-refractivity contribution in [2.24, 2.45) is 0 Å². The van der Waals surface area contributed by atoms with E-state index in [0.717, 1.165) is 4.90 Å². The Balaban J connectivity index is 2.41. The molecule has 5 heteroatoms. The summed E-state index contributed by atoms with van der Waals surface area (Å²) in [7, 11) is 0. The van der Waals surface area contributed by atoms with Gasteiger partial charge >= 0.3 is 5.97 Å². The van der Waals surface area contributed by atoms with Crippen molar-refractivity contribution < 1.29 is 19.1 Å². The van der Waals surface area contributed by atoms with Crippen LogP contribution in [0.5, 0.6) is 0 Å². The van der Waals surface area contributed by atoms with Crippen molar-refractivity contribution in [1.82, 2.24) is 0 Å².